The summed E-state index contributed by atoms with van der Waals surface area (Å²) in [5.41, 5.74) is 1.88. The van der Waals surface area contributed by atoms with Crippen molar-refractivity contribution in [1.29, 1.82) is 0 Å². The summed E-state index contributed by atoms with van der Waals surface area (Å²) in [6.07, 6.45) is 1.64. The molecule has 8 heteroatoms. The van der Waals surface area contributed by atoms with Crippen LogP contribution in [0.25, 0.3) is 0 Å². The minimum Gasteiger partial charge on any atom is -0.496 e. The maximum Gasteiger partial charge on any atom is 0.341 e. The molecule has 2 aromatic carbocycles. The first kappa shape index (κ1) is 21.2. The van der Waals surface area contributed by atoms with Gasteiger partial charge in [-0.2, -0.15) is 0 Å². The Morgan fingerprint density at radius 2 is 1.74 bits per heavy atom. The second kappa shape index (κ2) is 9.73. The van der Waals surface area contributed by atoms with Gasteiger partial charge in [0.1, 0.15) is 11.3 Å². The van der Waals surface area contributed by atoms with E-state index < -0.39 is 16.0 Å². The van der Waals surface area contributed by atoms with Crippen molar-refractivity contribution in [3.63, 3.8) is 0 Å². The normalized spacial score (nSPS) is 11.2. The molecule has 0 saturated carbocycles. The van der Waals surface area contributed by atoms with Crippen molar-refractivity contribution < 1.29 is 22.7 Å². The highest BCUT2D eigenvalue weighted by Gasteiger charge is 2.16. The fraction of sp³-hybridized carbons (Fsp3) is 0.316. The number of hydrogen-bond donors (Lipinski definition) is 1. The molecule has 0 heterocycles. The van der Waals surface area contributed by atoms with Gasteiger partial charge < -0.3 is 9.47 Å². The van der Waals surface area contributed by atoms with Gasteiger partial charge in [0, 0.05) is 12.4 Å². The lowest BCUT2D eigenvalue weighted by atomic mass is 10.1. The van der Waals surface area contributed by atoms with Gasteiger partial charge in [-0.05, 0) is 48.2 Å². The van der Waals surface area contributed by atoms with Crippen LogP contribution in [0.3, 0.4) is 0 Å². The van der Waals surface area contributed by atoms with Gasteiger partial charge in [0.05, 0.1) is 19.1 Å². The number of carbonyl (C=O) groups excluding carboxylic acids is 1. The number of ether oxygens (including phenoxy) is 2. The first-order valence-corrected chi connectivity index (χ1v) is 10.3. The van der Waals surface area contributed by atoms with E-state index in [0.717, 1.165) is 18.4 Å². The number of alkyl halides is 1. The molecule has 0 saturated heterocycles. The van der Waals surface area contributed by atoms with Gasteiger partial charge >= 0.3 is 5.97 Å². The zero-order chi connectivity index (χ0) is 19.9. The minimum atomic E-state index is -3.67. The average molecular weight is 412 g/mol. The maximum absolute atomic E-state index is 12.5. The van der Waals surface area contributed by atoms with E-state index in [0.29, 0.717) is 17.2 Å². The van der Waals surface area contributed by atoms with E-state index >= 15 is 0 Å². The molecule has 2 aromatic rings. The minimum absolute atomic E-state index is 0.0321. The van der Waals surface area contributed by atoms with Crippen molar-refractivity contribution in [1.82, 2.24) is 4.72 Å². The third-order valence-electron chi connectivity index (χ3n) is 3.97. The number of halogens is 1. The highest BCUT2D eigenvalue weighted by molar-refractivity contribution is 7.89. The lowest BCUT2D eigenvalue weighted by Crippen LogP contribution is -2.23. The Morgan fingerprint density at radius 1 is 1.07 bits per heavy atom. The van der Waals surface area contributed by atoms with E-state index in [9.17, 15) is 13.2 Å². The van der Waals surface area contributed by atoms with Gasteiger partial charge in [0.15, 0.2) is 0 Å². The predicted molar refractivity (Wildman–Crippen MR) is 104 cm³/mol. The van der Waals surface area contributed by atoms with Crippen LogP contribution in [0.15, 0.2) is 47.4 Å². The van der Waals surface area contributed by atoms with Crippen molar-refractivity contribution in [2.24, 2.45) is 0 Å². The standard InChI is InChI=1S/C19H22ClNO5S/c1-25-18-10-7-15(12-17(18)19(22)26-2)13-21-27(23,24)16-8-5-14(6-9-16)4-3-11-20/h5-10,12,21H,3-4,11,13H2,1-2H3. The monoisotopic (exact) mass is 411 g/mol. The van der Waals surface area contributed by atoms with Crippen LogP contribution in [-0.4, -0.2) is 34.5 Å². The summed E-state index contributed by atoms with van der Waals surface area (Å²) in [4.78, 5) is 12.0. The second-order valence-corrected chi connectivity index (χ2v) is 7.93. The van der Waals surface area contributed by atoms with Crippen LogP contribution < -0.4 is 9.46 Å². The number of carbonyl (C=O) groups is 1. The molecule has 1 N–H and O–H groups in total. The number of benzene rings is 2. The zero-order valence-electron chi connectivity index (χ0n) is 15.2. The van der Waals surface area contributed by atoms with Crippen LogP contribution in [0.2, 0.25) is 0 Å². The molecule has 0 aliphatic rings. The Bertz CT molecular complexity index is 881. The second-order valence-electron chi connectivity index (χ2n) is 5.79. The molecule has 0 aliphatic carbocycles. The maximum atomic E-state index is 12.5. The van der Waals surface area contributed by atoms with Gasteiger partial charge in [-0.3, -0.25) is 0 Å². The number of sulfonamides is 1. The number of hydrogen-bond acceptors (Lipinski definition) is 5. The topological polar surface area (TPSA) is 81.7 Å². The van der Waals surface area contributed by atoms with Gasteiger partial charge in [0.2, 0.25) is 10.0 Å². The summed E-state index contributed by atoms with van der Waals surface area (Å²) in [7, 11) is -0.956. The molecule has 0 spiro atoms. The smallest absolute Gasteiger partial charge is 0.341 e. The van der Waals surface area contributed by atoms with E-state index in [-0.39, 0.29) is 17.0 Å². The van der Waals surface area contributed by atoms with Crippen LogP contribution in [0.5, 0.6) is 5.75 Å². The van der Waals surface area contributed by atoms with Crippen molar-refractivity contribution >= 4 is 27.6 Å². The lowest BCUT2D eigenvalue weighted by molar-refractivity contribution is 0.0597. The van der Waals surface area contributed by atoms with E-state index in [2.05, 4.69) is 4.72 Å². The van der Waals surface area contributed by atoms with Crippen LogP contribution >= 0.6 is 11.6 Å². The molecule has 0 unspecified atom stereocenters. The quantitative estimate of drug-likeness (QED) is 0.506. The molecule has 0 atom stereocenters. The van der Waals surface area contributed by atoms with Crippen molar-refractivity contribution in [3.8, 4) is 5.75 Å². The molecule has 0 aromatic heterocycles. The number of aryl methyl sites for hydroxylation is 1. The van der Waals surface area contributed by atoms with Crippen LogP contribution in [0.1, 0.15) is 27.9 Å². The average Bonchev–Trinajstić information content (AvgIpc) is 2.70. The first-order valence-electron chi connectivity index (χ1n) is 8.31. The Kier molecular flexibility index (Phi) is 7.65. The third kappa shape index (κ3) is 5.69. The summed E-state index contributed by atoms with van der Waals surface area (Å²) in [6.45, 7) is 0.0321. The van der Waals surface area contributed by atoms with E-state index in [1.165, 1.54) is 14.2 Å². The Balaban J connectivity index is 2.11. The molecule has 0 radical (unpaired) electrons. The van der Waals surface area contributed by atoms with E-state index in [1.54, 1.807) is 42.5 Å². The molecule has 27 heavy (non-hydrogen) atoms. The molecule has 0 amide bonds. The van der Waals surface area contributed by atoms with Gasteiger partial charge in [-0.1, -0.05) is 18.2 Å². The number of nitrogens with one attached hydrogen (secondary N) is 1. The summed E-state index contributed by atoms with van der Waals surface area (Å²) in [5.74, 6) is 0.377. The molecule has 0 bridgehead atoms. The Hall–Kier alpha value is -2.09. The zero-order valence-corrected chi connectivity index (χ0v) is 16.8. The highest BCUT2D eigenvalue weighted by Crippen LogP contribution is 2.21. The summed E-state index contributed by atoms with van der Waals surface area (Å²) in [5, 5.41) is 0. The van der Waals surface area contributed by atoms with E-state index in [4.69, 9.17) is 21.1 Å². The lowest BCUT2D eigenvalue weighted by Gasteiger charge is -2.11. The van der Waals surface area contributed by atoms with Crippen LogP contribution in [0, 0.1) is 0 Å². The van der Waals surface area contributed by atoms with Crippen molar-refractivity contribution in [2.45, 2.75) is 24.3 Å². The fourth-order valence-electron chi connectivity index (χ4n) is 2.50. The largest absolute Gasteiger partial charge is 0.496 e. The predicted octanol–water partition coefficient (Wildman–Crippen LogP) is 3.13. The Labute approximate surface area is 164 Å². The number of rotatable bonds is 9. The highest BCUT2D eigenvalue weighted by atomic mass is 35.5. The van der Waals surface area contributed by atoms with Crippen molar-refractivity contribution in [3.05, 3.63) is 59.2 Å². The molecule has 2 rings (SSSR count). The fourth-order valence-corrected chi connectivity index (χ4v) is 3.65. The van der Waals surface area contributed by atoms with Crippen LogP contribution in [-0.2, 0) is 27.7 Å². The molecular weight excluding hydrogens is 390 g/mol. The summed E-state index contributed by atoms with van der Waals surface area (Å²) in [6, 6.07) is 11.5. The first-order chi connectivity index (χ1) is 12.9. The molecule has 0 fully saturated rings. The number of esters is 1. The SMILES string of the molecule is COC(=O)c1cc(CNS(=O)(=O)c2ccc(CCCCl)cc2)ccc1OC. The number of methoxy groups -OCH3 is 2. The third-order valence-corrected chi connectivity index (χ3v) is 5.65. The molecular formula is C19H22ClNO5S. The van der Waals surface area contributed by atoms with Crippen molar-refractivity contribution in [2.75, 3.05) is 20.1 Å². The van der Waals surface area contributed by atoms with Gasteiger partial charge in [-0.15, -0.1) is 11.6 Å². The summed E-state index contributed by atoms with van der Waals surface area (Å²) >= 11 is 5.67. The van der Waals surface area contributed by atoms with Gasteiger partial charge in [0.25, 0.3) is 0 Å². The summed E-state index contributed by atoms with van der Waals surface area (Å²) < 4.78 is 37.3. The molecule has 6 nitrogen and oxygen atoms in total. The molecule has 146 valence electrons. The van der Waals surface area contributed by atoms with Gasteiger partial charge in [-0.25, -0.2) is 17.9 Å². The van der Waals surface area contributed by atoms with E-state index in [1.807, 2.05) is 0 Å². The van der Waals surface area contributed by atoms with Crippen LogP contribution in [0.4, 0.5) is 0 Å². The Morgan fingerprint density at radius 3 is 2.33 bits per heavy atom. The molecule has 0 aliphatic heterocycles.